The summed E-state index contributed by atoms with van der Waals surface area (Å²) in [6, 6.07) is 18.0. The number of carboxylic acids is 1. The van der Waals surface area contributed by atoms with Crippen molar-refractivity contribution in [1.82, 2.24) is 9.88 Å². The van der Waals surface area contributed by atoms with Gasteiger partial charge >= 0.3 is 10.8 Å². The Morgan fingerprint density at radius 2 is 1.80 bits per heavy atom. The van der Waals surface area contributed by atoms with Gasteiger partial charge in [0, 0.05) is 29.0 Å². The van der Waals surface area contributed by atoms with Gasteiger partial charge in [0.1, 0.15) is 12.4 Å². The highest BCUT2D eigenvalue weighted by molar-refractivity contribution is 8.00. The van der Waals surface area contributed by atoms with Gasteiger partial charge in [0.05, 0.1) is 16.9 Å². The molecule has 8 nitrogen and oxygen atoms in total. The first-order valence-corrected chi connectivity index (χ1v) is 15.3. The van der Waals surface area contributed by atoms with E-state index in [-0.39, 0.29) is 76.8 Å². The summed E-state index contributed by atoms with van der Waals surface area (Å²) >= 11 is 2.90. The number of thioether (sulfide) groups is 1. The molecule has 2 aliphatic heterocycles. The highest BCUT2D eigenvalue weighted by Crippen LogP contribution is 2.68. The average Bonchev–Trinajstić information content (AvgIpc) is 3.68. The molecule has 3 heterocycles. The van der Waals surface area contributed by atoms with E-state index in [0.29, 0.717) is 6.61 Å². The standard InChI is InChI=1S/C30H28N2O6S2/c33-20(34)10-5-11-32-28(35)23-18-13-19(24(23)29(32)36)25-22(18)21(26-27(39-25)31-30(37)40-26)16-8-4-9-17(12-16)38-14-15-6-2-1-3-7-15/h1-4,6-9,12,18-19,21-25H,5,10-11,13-14H2,(H,31,37)(H,33,34). The van der Waals surface area contributed by atoms with Gasteiger partial charge in [0.2, 0.25) is 11.8 Å². The number of aromatic nitrogens is 1. The Labute approximate surface area is 238 Å². The molecular weight excluding hydrogens is 548 g/mol. The van der Waals surface area contributed by atoms with Crippen LogP contribution in [0.15, 0.2) is 64.4 Å². The largest absolute Gasteiger partial charge is 0.489 e. The van der Waals surface area contributed by atoms with E-state index in [1.54, 1.807) is 11.8 Å². The van der Waals surface area contributed by atoms with Gasteiger partial charge in [-0.2, -0.15) is 0 Å². The third-order valence-corrected chi connectivity index (χ3v) is 11.6. The lowest BCUT2D eigenvalue weighted by molar-refractivity contribution is -0.142. The fourth-order valence-electron chi connectivity index (χ4n) is 7.60. The van der Waals surface area contributed by atoms with Crippen LogP contribution in [0.25, 0.3) is 0 Å². The van der Waals surface area contributed by atoms with Crippen LogP contribution in [0.3, 0.4) is 0 Å². The topological polar surface area (TPSA) is 117 Å². The number of amides is 2. The molecule has 2 amide bonds. The second-order valence-electron chi connectivity index (χ2n) is 11.1. The van der Waals surface area contributed by atoms with Crippen LogP contribution in [0.4, 0.5) is 0 Å². The van der Waals surface area contributed by atoms with E-state index >= 15 is 0 Å². The zero-order valence-electron chi connectivity index (χ0n) is 21.5. The predicted octanol–water partition coefficient (Wildman–Crippen LogP) is 4.35. The van der Waals surface area contributed by atoms with Crippen LogP contribution in [0, 0.1) is 29.6 Å². The quantitative estimate of drug-likeness (QED) is 0.383. The SMILES string of the molecule is O=C(O)CCCN1C(=O)C2C3CC(C2C1=O)C1C(c2cccc(OCc4ccccc4)c2)c2sc(=O)[nH]c2SC31. The van der Waals surface area contributed by atoms with Crippen molar-refractivity contribution in [2.75, 3.05) is 6.54 Å². The number of benzene rings is 2. The Hall–Kier alpha value is -3.37. The number of carbonyl (C=O) groups is 3. The summed E-state index contributed by atoms with van der Waals surface area (Å²) in [5.41, 5.74) is 2.13. The smallest absolute Gasteiger partial charge is 0.305 e. The number of nitrogens with one attached hydrogen (secondary N) is 1. The lowest BCUT2D eigenvalue weighted by Gasteiger charge is -2.43. The van der Waals surface area contributed by atoms with E-state index in [1.807, 2.05) is 42.5 Å². The average molecular weight is 577 g/mol. The highest BCUT2D eigenvalue weighted by Gasteiger charge is 2.69. The van der Waals surface area contributed by atoms with Crippen molar-refractivity contribution in [3.05, 3.63) is 80.3 Å². The van der Waals surface area contributed by atoms with Gasteiger partial charge in [-0.15, -0.1) is 11.8 Å². The van der Waals surface area contributed by atoms with E-state index < -0.39 is 5.97 Å². The van der Waals surface area contributed by atoms with Gasteiger partial charge in [-0.3, -0.25) is 24.1 Å². The van der Waals surface area contributed by atoms with Gasteiger partial charge < -0.3 is 14.8 Å². The summed E-state index contributed by atoms with van der Waals surface area (Å²) < 4.78 is 6.14. The third kappa shape index (κ3) is 4.11. The summed E-state index contributed by atoms with van der Waals surface area (Å²) in [5.74, 6) is -1.11. The number of carboxylic acid groups (broad SMARTS) is 1. The summed E-state index contributed by atoms with van der Waals surface area (Å²) in [6.45, 7) is 0.603. The fourth-order valence-corrected chi connectivity index (χ4v) is 10.5. The van der Waals surface area contributed by atoms with Crippen LogP contribution >= 0.6 is 23.1 Å². The van der Waals surface area contributed by atoms with Crippen molar-refractivity contribution in [1.29, 1.82) is 0 Å². The number of hydrogen-bond donors (Lipinski definition) is 2. The fraction of sp³-hybridized carbons (Fsp3) is 0.400. The molecular formula is C30H28N2O6S2. The molecule has 4 aliphatic rings. The van der Waals surface area contributed by atoms with E-state index in [1.165, 1.54) is 16.2 Å². The number of fused-ring (bicyclic) bond motifs is 9. The maximum absolute atomic E-state index is 13.6. The number of likely N-dealkylation sites (tertiary alicyclic amines) is 1. The minimum absolute atomic E-state index is 0.0256. The minimum atomic E-state index is -0.931. The van der Waals surface area contributed by atoms with Crippen molar-refractivity contribution in [3.63, 3.8) is 0 Å². The minimum Gasteiger partial charge on any atom is -0.489 e. The molecule has 7 unspecified atom stereocenters. The monoisotopic (exact) mass is 576 g/mol. The summed E-state index contributed by atoms with van der Waals surface area (Å²) in [7, 11) is 0. The summed E-state index contributed by atoms with van der Waals surface area (Å²) in [5, 5.41) is 10.0. The molecule has 2 N–H and O–H groups in total. The normalized spacial score (nSPS) is 29.8. The first-order valence-electron chi connectivity index (χ1n) is 13.6. The number of imide groups is 1. The van der Waals surface area contributed by atoms with Crippen molar-refractivity contribution in [2.45, 2.75) is 42.1 Å². The number of aliphatic carboxylic acids is 1. The second kappa shape index (κ2) is 9.92. The van der Waals surface area contributed by atoms with E-state index in [0.717, 1.165) is 33.2 Å². The zero-order valence-corrected chi connectivity index (χ0v) is 23.2. The number of hydrogen-bond acceptors (Lipinski definition) is 7. The number of nitrogens with zero attached hydrogens (tertiary/aromatic N) is 1. The Morgan fingerprint density at radius 1 is 1.02 bits per heavy atom. The molecule has 1 saturated heterocycles. The van der Waals surface area contributed by atoms with Gasteiger partial charge in [-0.1, -0.05) is 53.8 Å². The molecule has 10 heteroatoms. The maximum Gasteiger partial charge on any atom is 0.305 e. The molecule has 2 saturated carbocycles. The first kappa shape index (κ1) is 25.6. The molecule has 0 radical (unpaired) electrons. The van der Waals surface area contributed by atoms with Crippen molar-refractivity contribution in [2.24, 2.45) is 29.6 Å². The van der Waals surface area contributed by atoms with Gasteiger partial charge in [-0.25, -0.2) is 0 Å². The number of rotatable bonds is 8. The number of carbonyl (C=O) groups excluding carboxylic acids is 2. The molecule has 2 bridgehead atoms. The van der Waals surface area contributed by atoms with E-state index in [2.05, 4.69) is 17.1 Å². The number of H-pyrrole nitrogens is 1. The maximum atomic E-state index is 13.6. The molecule has 7 atom stereocenters. The Morgan fingerprint density at radius 3 is 2.58 bits per heavy atom. The molecule has 3 fully saturated rings. The third-order valence-electron chi connectivity index (χ3n) is 9.05. The first-order chi connectivity index (χ1) is 19.4. The molecule has 40 heavy (non-hydrogen) atoms. The Balaban J connectivity index is 1.20. The lowest BCUT2D eigenvalue weighted by atomic mass is 9.68. The van der Waals surface area contributed by atoms with Crippen LogP contribution < -0.4 is 9.61 Å². The molecule has 206 valence electrons. The number of ether oxygens (including phenoxy) is 1. The van der Waals surface area contributed by atoms with Crippen molar-refractivity contribution < 1.29 is 24.2 Å². The molecule has 3 aromatic rings. The molecule has 1 aromatic heterocycles. The van der Waals surface area contributed by atoms with Crippen LogP contribution in [-0.2, 0) is 21.0 Å². The zero-order chi connectivity index (χ0) is 27.5. The number of thiazole rings is 1. The van der Waals surface area contributed by atoms with Crippen LogP contribution in [0.1, 0.15) is 41.2 Å². The molecule has 7 rings (SSSR count). The van der Waals surface area contributed by atoms with Crippen LogP contribution in [0.2, 0.25) is 0 Å². The van der Waals surface area contributed by atoms with Gasteiger partial charge in [-0.05, 0) is 53.9 Å². The number of aromatic amines is 1. The highest BCUT2D eigenvalue weighted by atomic mass is 32.2. The second-order valence-corrected chi connectivity index (χ2v) is 13.3. The van der Waals surface area contributed by atoms with Crippen molar-refractivity contribution in [3.8, 4) is 5.75 Å². The van der Waals surface area contributed by atoms with E-state index in [4.69, 9.17) is 9.84 Å². The Kier molecular flexibility index (Phi) is 6.35. The molecule has 0 spiro atoms. The predicted molar refractivity (Wildman–Crippen MR) is 149 cm³/mol. The van der Waals surface area contributed by atoms with Crippen molar-refractivity contribution >= 4 is 40.9 Å². The van der Waals surface area contributed by atoms with Crippen LogP contribution in [-0.4, -0.2) is 44.6 Å². The molecule has 2 aliphatic carbocycles. The van der Waals surface area contributed by atoms with E-state index in [9.17, 15) is 19.2 Å². The summed E-state index contributed by atoms with van der Waals surface area (Å²) in [6.07, 6.45) is 1.01. The van der Waals surface area contributed by atoms with Gasteiger partial charge in [0.15, 0.2) is 0 Å². The van der Waals surface area contributed by atoms with Gasteiger partial charge in [0.25, 0.3) is 0 Å². The summed E-state index contributed by atoms with van der Waals surface area (Å²) in [4.78, 5) is 55.8. The van der Waals surface area contributed by atoms with Crippen LogP contribution in [0.5, 0.6) is 5.75 Å². The molecule has 2 aromatic carbocycles. The Bertz CT molecular complexity index is 1550. The lowest BCUT2D eigenvalue weighted by Crippen LogP contribution is -2.42.